The summed E-state index contributed by atoms with van der Waals surface area (Å²) >= 11 is 0. The number of phosphoric ester groups is 1. The van der Waals surface area contributed by atoms with Gasteiger partial charge in [-0.1, -0.05) is 131 Å². The Kier molecular flexibility index (Phi) is 36.8. The number of carbonyl (C=O) groups excluding carboxylic acids is 2. The van der Waals surface area contributed by atoms with Gasteiger partial charge in [-0.15, -0.1) is 0 Å². The van der Waals surface area contributed by atoms with Gasteiger partial charge in [-0.25, -0.2) is 4.57 Å². The molecule has 0 rings (SSSR count). The molecule has 0 bridgehead atoms. The number of rotatable bonds is 36. The second-order valence-electron chi connectivity index (χ2n) is 12.7. The van der Waals surface area contributed by atoms with E-state index in [0.29, 0.717) is 12.8 Å². The Morgan fingerprint density at radius 2 is 0.981 bits per heavy atom. The number of hydrogen-bond donors (Lipinski definition) is 2. The van der Waals surface area contributed by atoms with Crippen LogP contribution < -0.4 is 5.73 Å². The van der Waals surface area contributed by atoms with Gasteiger partial charge in [-0.3, -0.25) is 18.6 Å². The highest BCUT2D eigenvalue weighted by molar-refractivity contribution is 7.47. The number of esters is 2. The summed E-state index contributed by atoms with van der Waals surface area (Å²) in [6.45, 7) is 3.43. The van der Waals surface area contributed by atoms with E-state index >= 15 is 0 Å². The Bertz CT molecular complexity index is 1140. The minimum Gasteiger partial charge on any atom is -0.462 e. The summed E-state index contributed by atoms with van der Waals surface area (Å²) in [5.41, 5.74) is 5.33. The van der Waals surface area contributed by atoms with E-state index in [4.69, 9.17) is 24.3 Å². The molecule has 1 unspecified atom stereocenters. The van der Waals surface area contributed by atoms with Gasteiger partial charge in [0.2, 0.25) is 0 Å². The molecule has 0 spiro atoms. The average Bonchev–Trinajstić information content (AvgIpc) is 3.14. The van der Waals surface area contributed by atoms with E-state index in [0.717, 1.165) is 103 Å². The third-order valence-corrected chi connectivity index (χ3v) is 8.76. The number of nitrogens with two attached hydrogens (primary N) is 1. The number of ether oxygens (including phenoxy) is 2. The minimum absolute atomic E-state index is 0.0418. The minimum atomic E-state index is -4.39. The maximum atomic E-state index is 12.5. The molecule has 0 aromatic rings. The first kappa shape index (κ1) is 50.2. The lowest BCUT2D eigenvalue weighted by molar-refractivity contribution is -0.161. The van der Waals surface area contributed by atoms with Crippen molar-refractivity contribution in [3.63, 3.8) is 0 Å². The fraction of sp³-hybridized carbons (Fsp3) is 0.628. The van der Waals surface area contributed by atoms with Gasteiger partial charge in [0.25, 0.3) is 0 Å². The van der Waals surface area contributed by atoms with Crippen molar-refractivity contribution in [1.82, 2.24) is 0 Å². The Hall–Kier alpha value is -2.81. The number of phosphoric acid groups is 1. The van der Waals surface area contributed by atoms with Crippen LogP contribution >= 0.6 is 7.82 Å². The zero-order valence-corrected chi connectivity index (χ0v) is 33.9. The van der Waals surface area contributed by atoms with Crippen LogP contribution in [0.4, 0.5) is 0 Å². The van der Waals surface area contributed by atoms with Crippen LogP contribution in [0.3, 0.4) is 0 Å². The van der Waals surface area contributed by atoms with Gasteiger partial charge in [0.1, 0.15) is 6.61 Å². The van der Waals surface area contributed by atoms with Crippen molar-refractivity contribution < 1.29 is 37.6 Å². The summed E-state index contributed by atoms with van der Waals surface area (Å²) in [5.74, 6) is -0.887. The molecule has 10 heteroatoms. The van der Waals surface area contributed by atoms with Gasteiger partial charge in [-0.2, -0.15) is 0 Å². The molecule has 2 atom stereocenters. The van der Waals surface area contributed by atoms with Crippen molar-refractivity contribution in [3.05, 3.63) is 85.1 Å². The van der Waals surface area contributed by atoms with E-state index in [1.165, 1.54) is 0 Å². The van der Waals surface area contributed by atoms with Gasteiger partial charge in [-0.05, 0) is 83.5 Å². The number of unbranched alkanes of at least 4 members (excludes halogenated alkanes) is 9. The number of allylic oxidation sites excluding steroid dienone is 14. The fourth-order valence-corrected chi connectivity index (χ4v) is 5.64. The van der Waals surface area contributed by atoms with Gasteiger partial charge >= 0.3 is 19.8 Å². The van der Waals surface area contributed by atoms with E-state index in [2.05, 4.69) is 98.9 Å². The predicted molar refractivity (Wildman–Crippen MR) is 219 cm³/mol. The molecule has 0 fully saturated rings. The molecule has 3 N–H and O–H groups in total. The SMILES string of the molecule is CCC=CCC=CCC=CCC=CCCCCCCC(=O)OC[C@H](COP(=O)(O)OCCN)OC(=O)CCCCCCCC=CCC=CCC=CCC. The van der Waals surface area contributed by atoms with Crippen LogP contribution in [-0.4, -0.2) is 49.3 Å². The van der Waals surface area contributed by atoms with E-state index < -0.39 is 32.5 Å². The first-order chi connectivity index (χ1) is 25.8. The highest BCUT2D eigenvalue weighted by Crippen LogP contribution is 2.43. The largest absolute Gasteiger partial charge is 0.472 e. The third-order valence-electron chi connectivity index (χ3n) is 7.78. The van der Waals surface area contributed by atoms with Crippen molar-refractivity contribution in [3.8, 4) is 0 Å². The Labute approximate surface area is 322 Å². The molecular weight excluding hydrogens is 689 g/mol. The van der Waals surface area contributed by atoms with Crippen LogP contribution in [-0.2, 0) is 32.7 Å². The Balaban J connectivity index is 4.29. The second kappa shape index (κ2) is 38.9. The zero-order chi connectivity index (χ0) is 38.9. The Morgan fingerprint density at radius 3 is 1.45 bits per heavy atom. The zero-order valence-electron chi connectivity index (χ0n) is 33.0. The molecule has 0 aliphatic rings. The van der Waals surface area contributed by atoms with Gasteiger partial charge in [0.15, 0.2) is 6.10 Å². The molecule has 0 aromatic heterocycles. The lowest BCUT2D eigenvalue weighted by Crippen LogP contribution is -2.29. The molecule has 0 aliphatic carbocycles. The Morgan fingerprint density at radius 1 is 0.566 bits per heavy atom. The van der Waals surface area contributed by atoms with Gasteiger partial charge < -0.3 is 20.1 Å². The molecule has 0 radical (unpaired) electrons. The normalized spacial score (nSPS) is 14.3. The maximum Gasteiger partial charge on any atom is 0.472 e. The maximum absolute atomic E-state index is 12.5. The highest BCUT2D eigenvalue weighted by Gasteiger charge is 2.25. The van der Waals surface area contributed by atoms with Crippen LogP contribution in [0.2, 0.25) is 0 Å². The molecule has 0 saturated carbocycles. The van der Waals surface area contributed by atoms with Crippen molar-refractivity contribution in [2.24, 2.45) is 5.73 Å². The summed E-state index contributed by atoms with van der Waals surface area (Å²) in [6.07, 6.45) is 47.5. The summed E-state index contributed by atoms with van der Waals surface area (Å²) in [5, 5.41) is 0. The molecule has 0 heterocycles. The van der Waals surface area contributed by atoms with Crippen molar-refractivity contribution in [1.29, 1.82) is 0 Å². The quantitative estimate of drug-likeness (QED) is 0.0277. The molecule has 0 aromatic carbocycles. The second-order valence-corrected chi connectivity index (χ2v) is 14.2. The van der Waals surface area contributed by atoms with E-state index in [-0.39, 0.29) is 32.6 Å². The number of carbonyl (C=O) groups is 2. The van der Waals surface area contributed by atoms with Crippen LogP contribution in [0.15, 0.2) is 85.1 Å². The average molecular weight is 762 g/mol. The summed E-state index contributed by atoms with van der Waals surface area (Å²) < 4.78 is 32.7. The molecule has 0 saturated heterocycles. The molecule has 0 aliphatic heterocycles. The van der Waals surface area contributed by atoms with Crippen LogP contribution in [0.25, 0.3) is 0 Å². The first-order valence-electron chi connectivity index (χ1n) is 20.1. The van der Waals surface area contributed by atoms with Crippen molar-refractivity contribution >= 4 is 19.8 Å². The lowest BCUT2D eigenvalue weighted by Gasteiger charge is -2.19. The van der Waals surface area contributed by atoms with E-state index in [1.54, 1.807) is 0 Å². The smallest absolute Gasteiger partial charge is 0.462 e. The third kappa shape index (κ3) is 38.7. The summed E-state index contributed by atoms with van der Waals surface area (Å²) in [7, 11) is -4.39. The van der Waals surface area contributed by atoms with Crippen LogP contribution in [0, 0.1) is 0 Å². The van der Waals surface area contributed by atoms with Gasteiger partial charge in [0.05, 0.1) is 13.2 Å². The molecular formula is C43H72NO8P. The van der Waals surface area contributed by atoms with E-state index in [1.807, 2.05) is 0 Å². The fourth-order valence-electron chi connectivity index (χ4n) is 4.87. The number of hydrogen-bond acceptors (Lipinski definition) is 8. The van der Waals surface area contributed by atoms with E-state index in [9.17, 15) is 19.0 Å². The van der Waals surface area contributed by atoms with Gasteiger partial charge in [0, 0.05) is 19.4 Å². The van der Waals surface area contributed by atoms with Crippen molar-refractivity contribution in [2.75, 3.05) is 26.4 Å². The molecule has 302 valence electrons. The van der Waals surface area contributed by atoms with Crippen LogP contribution in [0.5, 0.6) is 0 Å². The molecule has 0 amide bonds. The van der Waals surface area contributed by atoms with Crippen LogP contribution in [0.1, 0.15) is 142 Å². The highest BCUT2D eigenvalue weighted by atomic mass is 31.2. The predicted octanol–water partition coefficient (Wildman–Crippen LogP) is 11.3. The monoisotopic (exact) mass is 761 g/mol. The summed E-state index contributed by atoms with van der Waals surface area (Å²) in [6, 6.07) is 0. The topological polar surface area (TPSA) is 134 Å². The molecule has 53 heavy (non-hydrogen) atoms. The molecule has 9 nitrogen and oxygen atoms in total. The summed E-state index contributed by atoms with van der Waals surface area (Å²) in [4.78, 5) is 34.8. The van der Waals surface area contributed by atoms with Crippen molar-refractivity contribution in [2.45, 2.75) is 148 Å². The first-order valence-corrected chi connectivity index (χ1v) is 21.6. The lowest BCUT2D eigenvalue weighted by atomic mass is 10.1. The standard InChI is InChI=1S/C43H72NO8P/c1-3-5-7-9-11-13-15-17-19-20-22-23-25-27-29-31-33-35-42(45)49-39-41(40-51-53(47,48)50-38-37-44)52-43(46)36-34-32-30-28-26-24-21-18-16-14-12-10-8-6-4-2/h5-8,11-14,17-19,21-23,41H,3-4,9-10,15-16,20,24-40,44H2,1-2H3,(H,47,48)/t41-/m1/s1.